The molecule has 0 radical (unpaired) electrons. The maximum atomic E-state index is 11.9. The van der Waals surface area contributed by atoms with Crippen molar-refractivity contribution in [3.05, 3.63) is 29.8 Å². The van der Waals surface area contributed by atoms with E-state index >= 15 is 0 Å². The lowest BCUT2D eigenvalue weighted by molar-refractivity contribution is -0.117. The summed E-state index contributed by atoms with van der Waals surface area (Å²) in [6.45, 7) is 4.17. The number of carbonyl (C=O) groups is 1. The number of amides is 1. The second kappa shape index (κ2) is 7.07. The van der Waals surface area contributed by atoms with Gasteiger partial charge in [0, 0.05) is 5.69 Å². The van der Waals surface area contributed by atoms with Crippen LogP contribution in [0, 0.1) is 0 Å². The monoisotopic (exact) mass is 234 g/mol. The minimum atomic E-state index is -0.403. The zero-order valence-electron chi connectivity index (χ0n) is 10.7. The van der Waals surface area contributed by atoms with E-state index in [9.17, 15) is 4.79 Å². The summed E-state index contributed by atoms with van der Waals surface area (Å²) in [5.41, 5.74) is 7.85. The highest BCUT2D eigenvalue weighted by molar-refractivity contribution is 5.95. The standard InChI is InChI=1S/C14H22N2O/c1-3-5-9-12(15)14(17)16-13-10-7-6-8-11(13)4-2/h6-8,10,12H,3-5,9,15H2,1-2H3,(H,16,17)/t12-/m0/s1. The molecule has 0 aliphatic heterocycles. The molecule has 0 unspecified atom stereocenters. The number of benzene rings is 1. The Kier molecular flexibility index (Phi) is 5.70. The molecule has 1 aromatic carbocycles. The van der Waals surface area contributed by atoms with E-state index in [-0.39, 0.29) is 5.91 Å². The topological polar surface area (TPSA) is 55.1 Å². The quantitative estimate of drug-likeness (QED) is 0.795. The largest absolute Gasteiger partial charge is 0.324 e. The predicted molar refractivity (Wildman–Crippen MR) is 72.0 cm³/mol. The second-order valence-electron chi connectivity index (χ2n) is 4.25. The average molecular weight is 234 g/mol. The van der Waals surface area contributed by atoms with Crippen LogP contribution >= 0.6 is 0 Å². The Hall–Kier alpha value is -1.35. The highest BCUT2D eigenvalue weighted by Gasteiger charge is 2.13. The first-order valence-corrected chi connectivity index (χ1v) is 6.33. The summed E-state index contributed by atoms with van der Waals surface area (Å²) >= 11 is 0. The number of hydrogen-bond donors (Lipinski definition) is 2. The molecule has 1 aromatic rings. The fraction of sp³-hybridized carbons (Fsp3) is 0.500. The molecule has 0 spiro atoms. The highest BCUT2D eigenvalue weighted by Crippen LogP contribution is 2.15. The first-order valence-electron chi connectivity index (χ1n) is 6.33. The minimum Gasteiger partial charge on any atom is -0.324 e. The molecule has 1 amide bonds. The van der Waals surface area contributed by atoms with E-state index in [0.717, 1.165) is 36.9 Å². The molecule has 3 nitrogen and oxygen atoms in total. The van der Waals surface area contributed by atoms with E-state index in [4.69, 9.17) is 5.73 Å². The Morgan fingerprint density at radius 2 is 2.06 bits per heavy atom. The Morgan fingerprint density at radius 3 is 2.71 bits per heavy atom. The fourth-order valence-electron chi connectivity index (χ4n) is 1.73. The summed E-state index contributed by atoms with van der Waals surface area (Å²) in [6, 6.07) is 7.44. The molecule has 3 N–H and O–H groups in total. The van der Waals surface area contributed by atoms with Gasteiger partial charge < -0.3 is 11.1 Å². The summed E-state index contributed by atoms with van der Waals surface area (Å²) < 4.78 is 0. The van der Waals surface area contributed by atoms with Crippen LogP contribution in [0.4, 0.5) is 5.69 Å². The third-order valence-corrected chi connectivity index (χ3v) is 2.86. The van der Waals surface area contributed by atoms with Gasteiger partial charge >= 0.3 is 0 Å². The highest BCUT2D eigenvalue weighted by atomic mass is 16.2. The lowest BCUT2D eigenvalue weighted by atomic mass is 10.1. The molecule has 0 aliphatic carbocycles. The number of nitrogens with two attached hydrogens (primary N) is 1. The van der Waals surface area contributed by atoms with Gasteiger partial charge in [-0.15, -0.1) is 0 Å². The summed E-state index contributed by atoms with van der Waals surface area (Å²) in [4.78, 5) is 11.9. The Bertz CT molecular complexity index is 363. The lowest BCUT2D eigenvalue weighted by Crippen LogP contribution is -2.35. The molecule has 1 rings (SSSR count). The van der Waals surface area contributed by atoms with Crippen molar-refractivity contribution in [2.75, 3.05) is 5.32 Å². The average Bonchev–Trinajstić information content (AvgIpc) is 2.36. The van der Waals surface area contributed by atoms with Crippen molar-refractivity contribution in [2.24, 2.45) is 5.73 Å². The van der Waals surface area contributed by atoms with E-state index in [1.165, 1.54) is 0 Å². The molecule has 3 heteroatoms. The summed E-state index contributed by atoms with van der Waals surface area (Å²) in [5, 5.41) is 2.91. The number of anilines is 1. The van der Waals surface area contributed by atoms with E-state index in [1.807, 2.05) is 24.3 Å². The molecular weight excluding hydrogens is 212 g/mol. The smallest absolute Gasteiger partial charge is 0.241 e. The molecule has 17 heavy (non-hydrogen) atoms. The predicted octanol–water partition coefficient (Wildman–Crippen LogP) is 2.71. The van der Waals surface area contributed by atoms with Gasteiger partial charge in [-0.25, -0.2) is 0 Å². The first-order chi connectivity index (χ1) is 8.19. The molecule has 0 fully saturated rings. The van der Waals surface area contributed by atoms with Crippen LogP contribution in [0.5, 0.6) is 0 Å². The molecule has 1 atom stereocenters. The Balaban J connectivity index is 2.61. The van der Waals surface area contributed by atoms with Crippen molar-refractivity contribution >= 4 is 11.6 Å². The number of aryl methyl sites for hydroxylation is 1. The van der Waals surface area contributed by atoms with Gasteiger partial charge in [0.15, 0.2) is 0 Å². The Labute approximate surface area is 103 Å². The number of carbonyl (C=O) groups excluding carboxylic acids is 1. The van der Waals surface area contributed by atoms with Gasteiger partial charge in [-0.05, 0) is 24.5 Å². The molecule has 0 saturated carbocycles. The third-order valence-electron chi connectivity index (χ3n) is 2.86. The molecule has 0 aromatic heterocycles. The molecular formula is C14H22N2O. The molecule has 0 bridgehead atoms. The Morgan fingerprint density at radius 1 is 1.35 bits per heavy atom. The zero-order chi connectivity index (χ0) is 12.7. The minimum absolute atomic E-state index is 0.0839. The van der Waals surface area contributed by atoms with Crippen LogP contribution in [0.3, 0.4) is 0 Å². The SMILES string of the molecule is CCCC[C@H](N)C(=O)Nc1ccccc1CC. The van der Waals surface area contributed by atoms with Crippen LogP contribution in [-0.4, -0.2) is 11.9 Å². The maximum absolute atomic E-state index is 11.9. The van der Waals surface area contributed by atoms with Gasteiger partial charge in [-0.1, -0.05) is 44.9 Å². The summed E-state index contributed by atoms with van der Waals surface area (Å²) in [6.07, 6.45) is 3.70. The number of para-hydroxylation sites is 1. The lowest BCUT2D eigenvalue weighted by Gasteiger charge is -2.14. The fourth-order valence-corrected chi connectivity index (χ4v) is 1.73. The molecule has 94 valence electrons. The number of unbranched alkanes of at least 4 members (excludes halogenated alkanes) is 1. The normalized spacial score (nSPS) is 12.2. The van der Waals surface area contributed by atoms with Crippen LogP contribution in [0.2, 0.25) is 0 Å². The van der Waals surface area contributed by atoms with Gasteiger partial charge in [-0.3, -0.25) is 4.79 Å². The maximum Gasteiger partial charge on any atom is 0.241 e. The summed E-state index contributed by atoms with van der Waals surface area (Å²) in [5.74, 6) is -0.0839. The van der Waals surface area contributed by atoms with E-state index in [0.29, 0.717) is 0 Å². The van der Waals surface area contributed by atoms with Crippen LogP contribution in [0.25, 0.3) is 0 Å². The molecule has 0 aliphatic rings. The van der Waals surface area contributed by atoms with E-state index < -0.39 is 6.04 Å². The third kappa shape index (κ3) is 4.19. The number of hydrogen-bond acceptors (Lipinski definition) is 2. The number of rotatable bonds is 6. The van der Waals surface area contributed by atoms with Gasteiger partial charge in [0.2, 0.25) is 5.91 Å². The van der Waals surface area contributed by atoms with Crippen molar-refractivity contribution in [1.29, 1.82) is 0 Å². The molecule has 0 heterocycles. The number of nitrogens with one attached hydrogen (secondary N) is 1. The van der Waals surface area contributed by atoms with Crippen molar-refractivity contribution < 1.29 is 4.79 Å². The van der Waals surface area contributed by atoms with Crippen molar-refractivity contribution in [3.63, 3.8) is 0 Å². The van der Waals surface area contributed by atoms with E-state index in [1.54, 1.807) is 0 Å². The van der Waals surface area contributed by atoms with Crippen molar-refractivity contribution in [2.45, 2.75) is 45.6 Å². The van der Waals surface area contributed by atoms with Crippen LogP contribution in [-0.2, 0) is 11.2 Å². The van der Waals surface area contributed by atoms with Crippen LogP contribution < -0.4 is 11.1 Å². The van der Waals surface area contributed by atoms with E-state index in [2.05, 4.69) is 19.2 Å². The van der Waals surface area contributed by atoms with Gasteiger partial charge in [0.1, 0.15) is 0 Å². The molecule has 0 saturated heterocycles. The van der Waals surface area contributed by atoms with Gasteiger partial charge in [0.05, 0.1) is 6.04 Å². The van der Waals surface area contributed by atoms with Crippen molar-refractivity contribution in [3.8, 4) is 0 Å². The van der Waals surface area contributed by atoms with Crippen LogP contribution in [0.1, 0.15) is 38.7 Å². The van der Waals surface area contributed by atoms with Gasteiger partial charge in [0.25, 0.3) is 0 Å². The van der Waals surface area contributed by atoms with Crippen molar-refractivity contribution in [1.82, 2.24) is 0 Å². The first kappa shape index (κ1) is 13.7. The van der Waals surface area contributed by atoms with Gasteiger partial charge in [-0.2, -0.15) is 0 Å². The zero-order valence-corrected chi connectivity index (χ0v) is 10.7. The second-order valence-corrected chi connectivity index (χ2v) is 4.25. The van der Waals surface area contributed by atoms with Crippen LogP contribution in [0.15, 0.2) is 24.3 Å². The summed E-state index contributed by atoms with van der Waals surface area (Å²) in [7, 11) is 0.